The molecule has 2 aliphatic rings. The van der Waals surface area contributed by atoms with Crippen LogP contribution in [0.1, 0.15) is 36.8 Å². The van der Waals surface area contributed by atoms with Crippen molar-refractivity contribution in [2.24, 2.45) is 11.3 Å². The molecule has 1 heterocycles. The molecule has 3 rings (SSSR count). The fourth-order valence-corrected chi connectivity index (χ4v) is 3.85. The van der Waals surface area contributed by atoms with Gasteiger partial charge >= 0.3 is 12.1 Å². The van der Waals surface area contributed by atoms with Crippen LogP contribution in [-0.4, -0.2) is 46.2 Å². The van der Waals surface area contributed by atoms with Crippen molar-refractivity contribution in [1.82, 2.24) is 4.90 Å². The number of amides is 1. The summed E-state index contributed by atoms with van der Waals surface area (Å²) < 4.78 is 39.4. The average Bonchev–Trinajstić information content (AvgIpc) is 3.40. The predicted octanol–water partition coefficient (Wildman–Crippen LogP) is 2.71. The maximum Gasteiger partial charge on any atom is 0.416 e. The molecule has 0 unspecified atom stereocenters. The van der Waals surface area contributed by atoms with Gasteiger partial charge in [-0.3, -0.25) is 9.59 Å². The fourth-order valence-electron chi connectivity index (χ4n) is 3.85. The number of carboxylic acid groups (broad SMARTS) is 1. The van der Waals surface area contributed by atoms with E-state index in [1.807, 2.05) is 0 Å². The van der Waals surface area contributed by atoms with E-state index in [2.05, 4.69) is 0 Å². The van der Waals surface area contributed by atoms with Crippen molar-refractivity contribution in [3.8, 4) is 0 Å². The highest BCUT2D eigenvalue weighted by Gasteiger charge is 2.52. The van der Waals surface area contributed by atoms with Gasteiger partial charge in [0.25, 0.3) is 0 Å². The molecule has 1 aromatic carbocycles. The number of alkyl halides is 3. The molecule has 1 saturated carbocycles. The molecule has 2 N–H and O–H groups in total. The zero-order chi connectivity index (χ0) is 19.8. The first-order valence-electron chi connectivity index (χ1n) is 8.98. The molecule has 27 heavy (non-hydrogen) atoms. The summed E-state index contributed by atoms with van der Waals surface area (Å²) in [5, 5.41) is 20.1. The van der Waals surface area contributed by atoms with Crippen LogP contribution in [0, 0.1) is 11.3 Å². The van der Waals surface area contributed by atoms with E-state index >= 15 is 0 Å². The number of carboxylic acids is 1. The number of benzene rings is 1. The summed E-state index contributed by atoms with van der Waals surface area (Å²) in [6.07, 6.45) is -3.90. The van der Waals surface area contributed by atoms with Crippen LogP contribution in [-0.2, 0) is 22.2 Å². The van der Waals surface area contributed by atoms with Crippen molar-refractivity contribution in [3.63, 3.8) is 0 Å². The van der Waals surface area contributed by atoms with Gasteiger partial charge in [-0.1, -0.05) is 31.0 Å². The lowest BCUT2D eigenvalue weighted by atomic mass is 9.73. The van der Waals surface area contributed by atoms with Crippen LogP contribution in [0.3, 0.4) is 0 Å². The van der Waals surface area contributed by atoms with Crippen LogP contribution in [0.25, 0.3) is 0 Å². The molecule has 0 aromatic heterocycles. The average molecular weight is 385 g/mol. The van der Waals surface area contributed by atoms with Crippen LogP contribution in [0.2, 0.25) is 0 Å². The Morgan fingerprint density at radius 3 is 2.44 bits per heavy atom. The molecule has 1 saturated heterocycles. The van der Waals surface area contributed by atoms with Crippen LogP contribution < -0.4 is 0 Å². The number of nitrogens with zero attached hydrogens (tertiary/aromatic N) is 1. The van der Waals surface area contributed by atoms with Crippen LogP contribution in [0.15, 0.2) is 24.3 Å². The van der Waals surface area contributed by atoms with E-state index in [0.717, 1.165) is 18.9 Å². The number of carbonyl (C=O) groups excluding carboxylic acids is 1. The summed E-state index contributed by atoms with van der Waals surface area (Å²) >= 11 is 0. The number of halogens is 3. The lowest BCUT2D eigenvalue weighted by Gasteiger charge is -2.43. The Bertz CT molecular complexity index is 732. The van der Waals surface area contributed by atoms with Gasteiger partial charge in [0.05, 0.1) is 18.1 Å². The number of rotatable bonds is 5. The molecule has 1 aromatic rings. The quantitative estimate of drug-likeness (QED) is 0.817. The minimum atomic E-state index is -4.56. The first-order chi connectivity index (χ1) is 12.6. The maximum atomic E-state index is 13.1. The zero-order valence-corrected chi connectivity index (χ0v) is 14.7. The Morgan fingerprint density at radius 2 is 1.85 bits per heavy atom. The number of aliphatic hydroxyl groups excluding tert-OH is 1. The number of piperidine rings is 1. The maximum absolute atomic E-state index is 13.1. The van der Waals surface area contributed by atoms with Crippen molar-refractivity contribution in [1.29, 1.82) is 0 Å². The second-order valence-electron chi connectivity index (χ2n) is 7.56. The van der Waals surface area contributed by atoms with Gasteiger partial charge in [0.1, 0.15) is 5.41 Å². The molecular formula is C19H22F3NO4. The predicted molar refractivity (Wildman–Crippen MR) is 89.8 cm³/mol. The van der Waals surface area contributed by atoms with E-state index in [-0.39, 0.29) is 37.4 Å². The third-order valence-electron chi connectivity index (χ3n) is 5.58. The molecular weight excluding hydrogens is 363 g/mol. The molecule has 1 amide bonds. The minimum Gasteiger partial charge on any atom is -0.481 e. The molecule has 8 heteroatoms. The van der Waals surface area contributed by atoms with Gasteiger partial charge in [-0.15, -0.1) is 0 Å². The summed E-state index contributed by atoms with van der Waals surface area (Å²) in [6.45, 7) is -0.0408. The monoisotopic (exact) mass is 385 g/mol. The summed E-state index contributed by atoms with van der Waals surface area (Å²) in [5.41, 5.74) is -2.44. The molecule has 148 valence electrons. The standard InChI is InChI=1S/C19H22F3NO4/c20-19(21,22)14-4-2-1-3-13(14)9-16(25)23-8-7-15(24)18(11-23,17(26)27)10-12-5-6-12/h1-4,12,15,24H,5-11H2,(H,26,27)/t15-,18-/m1/s1. The second-order valence-corrected chi connectivity index (χ2v) is 7.56. The number of likely N-dealkylation sites (tertiary alicyclic amines) is 1. The summed E-state index contributed by atoms with van der Waals surface area (Å²) in [6, 6.07) is 4.89. The van der Waals surface area contributed by atoms with Crippen molar-refractivity contribution in [3.05, 3.63) is 35.4 Å². The van der Waals surface area contributed by atoms with Gasteiger partial charge < -0.3 is 15.1 Å². The van der Waals surface area contributed by atoms with Crippen LogP contribution >= 0.6 is 0 Å². The Morgan fingerprint density at radius 1 is 1.19 bits per heavy atom. The molecule has 1 aliphatic heterocycles. The fraction of sp³-hybridized carbons (Fsp3) is 0.579. The first kappa shape index (κ1) is 19.7. The SMILES string of the molecule is O=C(Cc1ccccc1C(F)(F)F)N1CC[C@@H](O)[C@](CC2CC2)(C(=O)O)C1. The van der Waals surface area contributed by atoms with Crippen LogP contribution in [0.5, 0.6) is 0 Å². The lowest BCUT2D eigenvalue weighted by Crippen LogP contribution is -2.57. The lowest BCUT2D eigenvalue weighted by molar-refractivity contribution is -0.167. The zero-order valence-electron chi connectivity index (χ0n) is 14.7. The molecule has 0 bridgehead atoms. The van der Waals surface area contributed by atoms with Gasteiger partial charge in [-0.05, 0) is 30.4 Å². The largest absolute Gasteiger partial charge is 0.481 e. The van der Waals surface area contributed by atoms with Gasteiger partial charge in [-0.2, -0.15) is 13.2 Å². The third-order valence-corrected chi connectivity index (χ3v) is 5.58. The Hall–Kier alpha value is -2.09. The number of carbonyl (C=O) groups is 2. The number of hydrogen-bond donors (Lipinski definition) is 2. The first-order valence-corrected chi connectivity index (χ1v) is 8.98. The Kier molecular flexibility index (Phi) is 5.20. The van der Waals surface area contributed by atoms with E-state index in [9.17, 15) is 33.0 Å². The van der Waals surface area contributed by atoms with Crippen LogP contribution in [0.4, 0.5) is 13.2 Å². The van der Waals surface area contributed by atoms with E-state index in [1.165, 1.54) is 23.1 Å². The van der Waals surface area contributed by atoms with Crippen molar-refractivity contribution < 1.29 is 33.0 Å². The smallest absolute Gasteiger partial charge is 0.416 e. The minimum absolute atomic E-state index is 0.103. The number of aliphatic hydroxyl groups is 1. The topological polar surface area (TPSA) is 77.8 Å². The number of hydrogen-bond acceptors (Lipinski definition) is 3. The van der Waals surface area contributed by atoms with E-state index in [0.29, 0.717) is 0 Å². The van der Waals surface area contributed by atoms with Gasteiger partial charge in [0, 0.05) is 13.1 Å². The molecule has 0 spiro atoms. The van der Waals surface area contributed by atoms with Crippen molar-refractivity contribution in [2.75, 3.05) is 13.1 Å². The van der Waals surface area contributed by atoms with Gasteiger partial charge in [0.2, 0.25) is 5.91 Å². The van der Waals surface area contributed by atoms with E-state index < -0.39 is 41.6 Å². The Balaban J connectivity index is 1.78. The molecule has 2 fully saturated rings. The third kappa shape index (κ3) is 4.10. The molecule has 1 aliphatic carbocycles. The normalized spacial score (nSPS) is 26.1. The summed E-state index contributed by atoms with van der Waals surface area (Å²) in [5.74, 6) is -1.49. The molecule has 0 radical (unpaired) electrons. The summed E-state index contributed by atoms with van der Waals surface area (Å²) in [7, 11) is 0. The number of aliphatic carboxylic acids is 1. The van der Waals surface area contributed by atoms with E-state index in [1.54, 1.807) is 0 Å². The highest BCUT2D eigenvalue weighted by atomic mass is 19.4. The van der Waals surface area contributed by atoms with Gasteiger partial charge in [0.15, 0.2) is 0 Å². The molecule has 5 nitrogen and oxygen atoms in total. The highest BCUT2D eigenvalue weighted by molar-refractivity contribution is 5.82. The van der Waals surface area contributed by atoms with Gasteiger partial charge in [-0.25, -0.2) is 0 Å². The van der Waals surface area contributed by atoms with E-state index in [4.69, 9.17) is 0 Å². The van der Waals surface area contributed by atoms with Crippen molar-refractivity contribution >= 4 is 11.9 Å². The Labute approximate surface area is 154 Å². The molecule has 2 atom stereocenters. The highest BCUT2D eigenvalue weighted by Crippen LogP contribution is 2.45. The van der Waals surface area contributed by atoms with Crippen molar-refractivity contribution in [2.45, 2.75) is 44.4 Å². The second kappa shape index (κ2) is 7.14. The summed E-state index contributed by atoms with van der Waals surface area (Å²) in [4.78, 5) is 25.9.